The van der Waals surface area contributed by atoms with E-state index in [4.69, 9.17) is 16.7 Å². The number of rotatable bonds is 2. The molecule has 0 bridgehead atoms. The molecular formula is C18H15ClN2. The van der Waals surface area contributed by atoms with Gasteiger partial charge in [0.2, 0.25) is 0 Å². The molecule has 0 radical (unpaired) electrons. The Morgan fingerprint density at radius 3 is 2.43 bits per heavy atom. The Balaban J connectivity index is 1.94. The maximum atomic E-state index is 6.02. The van der Waals surface area contributed by atoms with E-state index < -0.39 is 0 Å². The molecule has 0 atom stereocenters. The van der Waals surface area contributed by atoms with Gasteiger partial charge in [-0.25, -0.2) is 4.68 Å². The van der Waals surface area contributed by atoms with E-state index in [1.165, 1.54) is 28.9 Å². The highest BCUT2D eigenvalue weighted by Gasteiger charge is 2.23. The van der Waals surface area contributed by atoms with Crippen molar-refractivity contribution in [1.82, 2.24) is 9.78 Å². The molecule has 0 unspecified atom stereocenters. The van der Waals surface area contributed by atoms with Crippen LogP contribution in [0.2, 0.25) is 5.02 Å². The van der Waals surface area contributed by atoms with Gasteiger partial charge in [-0.1, -0.05) is 41.9 Å². The Morgan fingerprint density at radius 1 is 0.905 bits per heavy atom. The van der Waals surface area contributed by atoms with Crippen molar-refractivity contribution >= 4 is 11.6 Å². The van der Waals surface area contributed by atoms with Crippen molar-refractivity contribution < 1.29 is 0 Å². The summed E-state index contributed by atoms with van der Waals surface area (Å²) < 4.78 is 2.08. The zero-order valence-electron chi connectivity index (χ0n) is 11.6. The van der Waals surface area contributed by atoms with Crippen molar-refractivity contribution in [1.29, 1.82) is 0 Å². The first-order chi connectivity index (χ1) is 10.3. The summed E-state index contributed by atoms with van der Waals surface area (Å²) in [6, 6.07) is 18.4. The molecule has 2 nitrogen and oxygen atoms in total. The van der Waals surface area contributed by atoms with Gasteiger partial charge in [0, 0.05) is 16.1 Å². The summed E-state index contributed by atoms with van der Waals surface area (Å²) in [6.45, 7) is 0. The third-order valence-corrected chi connectivity index (χ3v) is 4.28. The maximum absolute atomic E-state index is 6.02. The first-order valence-electron chi connectivity index (χ1n) is 7.25. The topological polar surface area (TPSA) is 17.8 Å². The second-order valence-electron chi connectivity index (χ2n) is 5.38. The molecule has 0 fully saturated rings. The first kappa shape index (κ1) is 12.7. The van der Waals surface area contributed by atoms with Crippen molar-refractivity contribution in [3.8, 4) is 16.9 Å². The Hall–Kier alpha value is -2.06. The van der Waals surface area contributed by atoms with E-state index in [-0.39, 0.29) is 0 Å². The highest BCUT2D eigenvalue weighted by atomic mass is 35.5. The Morgan fingerprint density at radius 2 is 1.67 bits per heavy atom. The van der Waals surface area contributed by atoms with E-state index in [0.29, 0.717) is 0 Å². The van der Waals surface area contributed by atoms with Gasteiger partial charge in [-0.2, -0.15) is 5.10 Å². The van der Waals surface area contributed by atoms with Crippen molar-refractivity contribution in [3.05, 3.63) is 70.9 Å². The van der Waals surface area contributed by atoms with Crippen molar-refractivity contribution in [3.63, 3.8) is 0 Å². The number of aryl methyl sites for hydroxylation is 1. The van der Waals surface area contributed by atoms with Crippen LogP contribution in [0.25, 0.3) is 16.9 Å². The number of hydrogen-bond donors (Lipinski definition) is 0. The Kier molecular flexibility index (Phi) is 3.04. The van der Waals surface area contributed by atoms with Crippen LogP contribution < -0.4 is 0 Å². The average Bonchev–Trinajstić information content (AvgIpc) is 3.10. The van der Waals surface area contributed by atoms with Gasteiger partial charge in [0.1, 0.15) is 0 Å². The molecular weight excluding hydrogens is 280 g/mol. The molecule has 1 aliphatic rings. The lowest BCUT2D eigenvalue weighted by Gasteiger charge is -2.10. The molecule has 3 aromatic rings. The molecule has 21 heavy (non-hydrogen) atoms. The summed E-state index contributed by atoms with van der Waals surface area (Å²) >= 11 is 6.02. The zero-order valence-corrected chi connectivity index (χ0v) is 12.3. The van der Waals surface area contributed by atoms with Gasteiger partial charge in [-0.3, -0.25) is 0 Å². The minimum atomic E-state index is 0.765. The van der Waals surface area contributed by atoms with Crippen LogP contribution in [0, 0.1) is 0 Å². The molecule has 0 amide bonds. The van der Waals surface area contributed by atoms with E-state index in [0.717, 1.165) is 23.6 Å². The highest BCUT2D eigenvalue weighted by Crippen LogP contribution is 2.34. The molecule has 0 N–H and O–H groups in total. The normalized spacial score (nSPS) is 13.4. The molecule has 0 spiro atoms. The number of hydrogen-bond acceptors (Lipinski definition) is 1. The number of fused-ring (bicyclic) bond motifs is 1. The summed E-state index contributed by atoms with van der Waals surface area (Å²) in [5.41, 5.74) is 6.13. The van der Waals surface area contributed by atoms with E-state index in [1.54, 1.807) is 0 Å². The first-order valence-corrected chi connectivity index (χ1v) is 7.63. The van der Waals surface area contributed by atoms with Crippen molar-refractivity contribution in [2.75, 3.05) is 0 Å². The number of benzene rings is 2. The molecule has 1 aliphatic carbocycles. The van der Waals surface area contributed by atoms with E-state index in [9.17, 15) is 0 Å². The van der Waals surface area contributed by atoms with Gasteiger partial charge in [0.05, 0.1) is 17.1 Å². The fourth-order valence-corrected chi connectivity index (χ4v) is 3.18. The molecule has 0 saturated heterocycles. The summed E-state index contributed by atoms with van der Waals surface area (Å²) in [7, 11) is 0. The van der Waals surface area contributed by atoms with E-state index in [1.807, 2.05) is 30.3 Å². The second kappa shape index (κ2) is 5.05. The largest absolute Gasteiger partial charge is 0.233 e. The number of halogens is 1. The molecule has 0 saturated carbocycles. The summed E-state index contributed by atoms with van der Waals surface area (Å²) in [5.74, 6) is 0. The Bertz CT molecular complexity index is 773. The SMILES string of the molecule is Clc1ccc(-c2c3c(nn2-c2ccccc2)CCC3)cc1. The van der Waals surface area contributed by atoms with Gasteiger partial charge in [-0.15, -0.1) is 0 Å². The van der Waals surface area contributed by atoms with Crippen molar-refractivity contribution in [2.45, 2.75) is 19.3 Å². The molecule has 2 aromatic carbocycles. The summed E-state index contributed by atoms with van der Waals surface area (Å²) in [5, 5.41) is 5.61. The van der Waals surface area contributed by atoms with Crippen molar-refractivity contribution in [2.24, 2.45) is 0 Å². The average molecular weight is 295 g/mol. The van der Waals surface area contributed by atoms with Crippen LogP contribution in [-0.2, 0) is 12.8 Å². The lowest BCUT2D eigenvalue weighted by Crippen LogP contribution is -2.00. The predicted octanol–water partition coefficient (Wildman–Crippen LogP) is 4.68. The second-order valence-corrected chi connectivity index (χ2v) is 5.82. The quantitative estimate of drug-likeness (QED) is 0.671. The lowest BCUT2D eigenvalue weighted by atomic mass is 10.1. The minimum Gasteiger partial charge on any atom is -0.233 e. The maximum Gasteiger partial charge on any atom is 0.0775 e. The van der Waals surface area contributed by atoms with Crippen LogP contribution in [0.15, 0.2) is 54.6 Å². The standard InChI is InChI=1S/C18H15ClN2/c19-14-11-9-13(10-12-14)18-16-7-4-8-17(16)20-21(18)15-5-2-1-3-6-15/h1-3,5-6,9-12H,4,7-8H2. The van der Waals surface area contributed by atoms with Crippen LogP contribution in [0.3, 0.4) is 0 Å². The fraction of sp³-hybridized carbons (Fsp3) is 0.167. The van der Waals surface area contributed by atoms with Crippen LogP contribution in [0.1, 0.15) is 17.7 Å². The third-order valence-electron chi connectivity index (χ3n) is 4.03. The molecule has 3 heteroatoms. The van der Waals surface area contributed by atoms with Crippen LogP contribution in [-0.4, -0.2) is 9.78 Å². The Labute approximate surface area is 129 Å². The molecule has 1 aromatic heterocycles. The fourth-order valence-electron chi connectivity index (χ4n) is 3.05. The van der Waals surface area contributed by atoms with Gasteiger partial charge in [-0.05, 0) is 43.5 Å². The molecule has 0 aliphatic heterocycles. The molecule has 4 rings (SSSR count). The summed E-state index contributed by atoms with van der Waals surface area (Å²) in [6.07, 6.45) is 3.39. The lowest BCUT2D eigenvalue weighted by molar-refractivity contribution is 0.806. The highest BCUT2D eigenvalue weighted by molar-refractivity contribution is 6.30. The number of para-hydroxylation sites is 1. The summed E-state index contributed by atoms with van der Waals surface area (Å²) in [4.78, 5) is 0. The van der Waals surface area contributed by atoms with E-state index >= 15 is 0 Å². The van der Waals surface area contributed by atoms with Gasteiger partial charge >= 0.3 is 0 Å². The van der Waals surface area contributed by atoms with Crippen LogP contribution in [0.4, 0.5) is 0 Å². The van der Waals surface area contributed by atoms with Gasteiger partial charge < -0.3 is 0 Å². The predicted molar refractivity (Wildman–Crippen MR) is 86.0 cm³/mol. The molecule has 104 valence electrons. The van der Waals surface area contributed by atoms with Gasteiger partial charge in [0.25, 0.3) is 0 Å². The third kappa shape index (κ3) is 2.16. The van der Waals surface area contributed by atoms with Crippen LogP contribution >= 0.6 is 11.6 Å². The number of nitrogens with zero attached hydrogens (tertiary/aromatic N) is 2. The van der Waals surface area contributed by atoms with Crippen LogP contribution in [0.5, 0.6) is 0 Å². The molecule has 1 heterocycles. The van der Waals surface area contributed by atoms with Gasteiger partial charge in [0.15, 0.2) is 0 Å². The van der Waals surface area contributed by atoms with E-state index in [2.05, 4.69) is 28.9 Å². The smallest absolute Gasteiger partial charge is 0.0775 e. The zero-order chi connectivity index (χ0) is 14.2. The minimum absolute atomic E-state index is 0.765. The number of aromatic nitrogens is 2. The monoisotopic (exact) mass is 294 g/mol.